The lowest BCUT2D eigenvalue weighted by Gasteiger charge is -2.18. The van der Waals surface area contributed by atoms with Crippen LogP contribution in [0.3, 0.4) is 0 Å². The molecule has 1 aromatic rings. The maximum absolute atomic E-state index is 4.70. The predicted molar refractivity (Wildman–Crippen MR) is 74.6 cm³/mol. The molecular weight excluding hydrogens is 290 g/mol. The molecule has 1 heterocycles. The van der Waals surface area contributed by atoms with E-state index in [1.165, 1.54) is 38.5 Å². The van der Waals surface area contributed by atoms with Crippen molar-refractivity contribution in [1.82, 2.24) is 9.97 Å². The fraction of sp³-hybridized carbons (Fsp3) is 0.714. The smallest absolute Gasteiger partial charge is 0.135 e. The molecule has 3 aliphatic carbocycles. The van der Waals surface area contributed by atoms with Crippen LogP contribution in [0.15, 0.2) is 10.7 Å². The summed E-state index contributed by atoms with van der Waals surface area (Å²) in [7, 11) is 0. The minimum absolute atomic E-state index is 0.614. The first-order valence-corrected chi connectivity index (χ1v) is 7.90. The van der Waals surface area contributed by atoms with Crippen molar-refractivity contribution in [1.29, 1.82) is 0 Å². The Balaban J connectivity index is 1.55. The second-order valence-corrected chi connectivity index (χ2v) is 6.87. The molecule has 0 atom stereocenters. The van der Waals surface area contributed by atoms with Gasteiger partial charge in [0.2, 0.25) is 0 Å². The van der Waals surface area contributed by atoms with Gasteiger partial charge in [-0.3, -0.25) is 0 Å². The highest BCUT2D eigenvalue weighted by molar-refractivity contribution is 9.10. The molecule has 18 heavy (non-hydrogen) atoms. The highest BCUT2D eigenvalue weighted by atomic mass is 79.9. The van der Waals surface area contributed by atoms with Crippen LogP contribution in [0.4, 0.5) is 5.82 Å². The summed E-state index contributed by atoms with van der Waals surface area (Å²) >= 11 is 3.51. The van der Waals surface area contributed by atoms with Crippen molar-refractivity contribution < 1.29 is 0 Å². The molecule has 0 saturated heterocycles. The maximum atomic E-state index is 4.70. The minimum Gasteiger partial charge on any atom is -0.367 e. The summed E-state index contributed by atoms with van der Waals surface area (Å²) in [4.78, 5) is 9.19. The molecule has 0 aromatic carbocycles. The van der Waals surface area contributed by atoms with E-state index in [-0.39, 0.29) is 0 Å². The summed E-state index contributed by atoms with van der Waals surface area (Å²) in [6.45, 7) is 0. The summed E-state index contributed by atoms with van der Waals surface area (Å²) in [5.74, 6) is 4.47. The Hall–Kier alpha value is -0.640. The largest absolute Gasteiger partial charge is 0.367 e. The fourth-order valence-electron chi connectivity index (χ4n) is 2.74. The third-order valence-electron chi connectivity index (χ3n) is 4.23. The average Bonchev–Trinajstić information content (AvgIpc) is 3.24. The Morgan fingerprint density at radius 3 is 2.28 bits per heavy atom. The van der Waals surface area contributed by atoms with Crippen LogP contribution in [-0.2, 0) is 0 Å². The fourth-order valence-corrected chi connectivity index (χ4v) is 3.13. The highest BCUT2D eigenvalue weighted by Crippen LogP contribution is 2.46. The molecule has 1 aromatic heterocycles. The second kappa shape index (κ2) is 4.19. The van der Waals surface area contributed by atoms with Crippen LogP contribution in [0.1, 0.15) is 50.3 Å². The summed E-state index contributed by atoms with van der Waals surface area (Å²) in [5.41, 5.74) is 0. The SMILES string of the molecule is Brc1cc(NC(C2CC2)C2CC2)nc(C2CC2)n1. The lowest BCUT2D eigenvalue weighted by molar-refractivity contribution is 0.565. The number of hydrogen-bond donors (Lipinski definition) is 1. The Bertz CT molecular complexity index is 452. The van der Waals surface area contributed by atoms with Gasteiger partial charge in [0, 0.05) is 18.0 Å². The molecule has 4 heteroatoms. The van der Waals surface area contributed by atoms with E-state index in [9.17, 15) is 0 Å². The first-order chi connectivity index (χ1) is 8.79. The Morgan fingerprint density at radius 2 is 1.72 bits per heavy atom. The second-order valence-electron chi connectivity index (χ2n) is 6.05. The molecule has 0 amide bonds. The predicted octanol–water partition coefficient (Wildman–Crippen LogP) is 3.72. The summed E-state index contributed by atoms with van der Waals surface area (Å²) < 4.78 is 0.923. The van der Waals surface area contributed by atoms with E-state index in [4.69, 9.17) is 4.98 Å². The van der Waals surface area contributed by atoms with E-state index in [1.807, 2.05) is 6.07 Å². The molecule has 0 bridgehead atoms. The molecule has 3 fully saturated rings. The average molecular weight is 308 g/mol. The molecule has 3 nitrogen and oxygen atoms in total. The number of rotatable bonds is 5. The van der Waals surface area contributed by atoms with Crippen LogP contribution in [0.5, 0.6) is 0 Å². The third-order valence-corrected chi connectivity index (χ3v) is 4.64. The van der Waals surface area contributed by atoms with Crippen molar-refractivity contribution in [2.45, 2.75) is 50.5 Å². The number of nitrogens with zero attached hydrogens (tertiary/aromatic N) is 2. The molecule has 0 radical (unpaired) electrons. The number of aromatic nitrogens is 2. The van der Waals surface area contributed by atoms with Crippen LogP contribution >= 0.6 is 15.9 Å². The molecule has 0 aliphatic heterocycles. The lowest BCUT2D eigenvalue weighted by atomic mass is 10.1. The zero-order valence-corrected chi connectivity index (χ0v) is 12.0. The van der Waals surface area contributed by atoms with E-state index in [0.29, 0.717) is 12.0 Å². The molecular formula is C14H18BrN3. The Morgan fingerprint density at radius 1 is 1.06 bits per heavy atom. The van der Waals surface area contributed by atoms with Crippen LogP contribution in [0.2, 0.25) is 0 Å². The van der Waals surface area contributed by atoms with Crippen molar-refractivity contribution in [3.05, 3.63) is 16.5 Å². The number of halogens is 1. The zero-order chi connectivity index (χ0) is 12.1. The van der Waals surface area contributed by atoms with Crippen molar-refractivity contribution in [2.75, 3.05) is 5.32 Å². The van der Waals surface area contributed by atoms with Gasteiger partial charge in [-0.15, -0.1) is 0 Å². The third kappa shape index (κ3) is 2.40. The van der Waals surface area contributed by atoms with Gasteiger partial charge in [0.15, 0.2) is 0 Å². The Kier molecular flexibility index (Phi) is 2.61. The normalized spacial score (nSPS) is 23.4. The Labute approximate surface area is 116 Å². The van der Waals surface area contributed by atoms with Crippen LogP contribution < -0.4 is 5.32 Å². The number of anilines is 1. The molecule has 3 aliphatic rings. The topological polar surface area (TPSA) is 37.8 Å². The van der Waals surface area contributed by atoms with Crippen molar-refractivity contribution in [3.8, 4) is 0 Å². The van der Waals surface area contributed by atoms with Gasteiger partial charge in [-0.05, 0) is 66.3 Å². The van der Waals surface area contributed by atoms with E-state index in [1.54, 1.807) is 0 Å². The van der Waals surface area contributed by atoms with Gasteiger partial charge in [-0.25, -0.2) is 9.97 Å². The molecule has 0 unspecified atom stereocenters. The van der Waals surface area contributed by atoms with E-state index in [0.717, 1.165) is 28.1 Å². The molecule has 96 valence electrons. The lowest BCUT2D eigenvalue weighted by Crippen LogP contribution is -2.25. The van der Waals surface area contributed by atoms with E-state index < -0.39 is 0 Å². The van der Waals surface area contributed by atoms with Crippen molar-refractivity contribution in [2.24, 2.45) is 11.8 Å². The molecule has 0 spiro atoms. The van der Waals surface area contributed by atoms with Gasteiger partial charge in [0.05, 0.1) is 0 Å². The number of nitrogens with one attached hydrogen (secondary N) is 1. The molecule has 4 rings (SSSR count). The summed E-state index contributed by atoms with van der Waals surface area (Å²) in [5, 5.41) is 3.69. The van der Waals surface area contributed by atoms with Gasteiger partial charge in [0.25, 0.3) is 0 Å². The quantitative estimate of drug-likeness (QED) is 0.843. The van der Waals surface area contributed by atoms with Gasteiger partial charge >= 0.3 is 0 Å². The van der Waals surface area contributed by atoms with Gasteiger partial charge in [-0.1, -0.05) is 0 Å². The van der Waals surface area contributed by atoms with Crippen LogP contribution in [-0.4, -0.2) is 16.0 Å². The minimum atomic E-state index is 0.614. The highest BCUT2D eigenvalue weighted by Gasteiger charge is 2.41. The van der Waals surface area contributed by atoms with Gasteiger partial charge < -0.3 is 5.32 Å². The maximum Gasteiger partial charge on any atom is 0.135 e. The van der Waals surface area contributed by atoms with Gasteiger partial charge in [0.1, 0.15) is 16.2 Å². The zero-order valence-electron chi connectivity index (χ0n) is 10.4. The van der Waals surface area contributed by atoms with Crippen LogP contribution in [0, 0.1) is 11.8 Å². The standard InChI is InChI=1S/C14H18BrN3/c15-11-7-12(18-14(16-11)10-5-6-10)17-13(8-1-2-8)9-3-4-9/h7-10,13H,1-6H2,(H,16,17,18). The van der Waals surface area contributed by atoms with Crippen LogP contribution in [0.25, 0.3) is 0 Å². The summed E-state index contributed by atoms with van der Waals surface area (Å²) in [6.07, 6.45) is 8.10. The molecule has 1 N–H and O–H groups in total. The van der Waals surface area contributed by atoms with Gasteiger partial charge in [-0.2, -0.15) is 0 Å². The van der Waals surface area contributed by atoms with E-state index in [2.05, 4.69) is 26.2 Å². The van der Waals surface area contributed by atoms with E-state index >= 15 is 0 Å². The van der Waals surface area contributed by atoms with Crippen molar-refractivity contribution >= 4 is 21.7 Å². The van der Waals surface area contributed by atoms with Crippen molar-refractivity contribution in [3.63, 3.8) is 0 Å². The number of hydrogen-bond acceptors (Lipinski definition) is 3. The monoisotopic (exact) mass is 307 g/mol. The first kappa shape index (κ1) is 11.2. The summed E-state index contributed by atoms with van der Waals surface area (Å²) in [6, 6.07) is 2.70. The molecule has 3 saturated carbocycles. The first-order valence-electron chi connectivity index (χ1n) is 7.10.